The second-order valence-corrected chi connectivity index (χ2v) is 8.13. The Morgan fingerprint density at radius 2 is 2.12 bits per heavy atom. The number of aromatic nitrogens is 3. The van der Waals surface area contributed by atoms with Crippen LogP contribution in [0.25, 0.3) is 0 Å². The fourth-order valence-corrected chi connectivity index (χ4v) is 2.87. The molecule has 140 valence electrons. The van der Waals surface area contributed by atoms with E-state index in [0.29, 0.717) is 24.0 Å². The number of rotatable bonds is 6. The Labute approximate surface area is 155 Å². The van der Waals surface area contributed by atoms with Crippen molar-refractivity contribution >= 4 is 5.91 Å². The number of amides is 1. The first-order chi connectivity index (χ1) is 12.3. The normalized spacial score (nSPS) is 14.5. The minimum Gasteiger partial charge on any atom is -0.475 e. The summed E-state index contributed by atoms with van der Waals surface area (Å²) in [5, 5.41) is 7.53. The summed E-state index contributed by atoms with van der Waals surface area (Å²) in [6, 6.07) is 5.69. The lowest BCUT2D eigenvalue weighted by Crippen LogP contribution is -2.27. The minimum atomic E-state index is -0.172. The molecule has 0 bridgehead atoms. The Hall–Kier alpha value is -2.37. The molecule has 0 aliphatic heterocycles. The summed E-state index contributed by atoms with van der Waals surface area (Å²) in [6.07, 6.45) is 4.07. The van der Waals surface area contributed by atoms with E-state index in [4.69, 9.17) is 4.74 Å². The summed E-state index contributed by atoms with van der Waals surface area (Å²) in [5.74, 6) is 0.920. The first-order valence-electron chi connectivity index (χ1n) is 9.25. The third kappa shape index (κ3) is 4.23. The van der Waals surface area contributed by atoms with Crippen LogP contribution >= 0.6 is 0 Å². The second kappa shape index (κ2) is 7.09. The topological polar surface area (TPSA) is 69.0 Å². The van der Waals surface area contributed by atoms with E-state index in [9.17, 15) is 4.79 Å². The molecule has 1 aliphatic rings. The zero-order chi connectivity index (χ0) is 18.9. The summed E-state index contributed by atoms with van der Waals surface area (Å²) < 4.78 is 7.71. The van der Waals surface area contributed by atoms with Crippen molar-refractivity contribution in [3.63, 3.8) is 0 Å². The zero-order valence-corrected chi connectivity index (χ0v) is 16.2. The molecule has 6 heteroatoms. The molecule has 0 spiro atoms. The monoisotopic (exact) mass is 356 g/mol. The van der Waals surface area contributed by atoms with Gasteiger partial charge in [-0.2, -0.15) is 5.10 Å². The van der Waals surface area contributed by atoms with Crippen molar-refractivity contribution in [1.82, 2.24) is 20.1 Å². The molecule has 1 N–H and O–H groups in total. The Balaban J connectivity index is 1.73. The Morgan fingerprint density at radius 1 is 1.38 bits per heavy atom. The predicted octanol–water partition coefficient (Wildman–Crippen LogP) is 3.63. The Morgan fingerprint density at radius 3 is 2.73 bits per heavy atom. The molecule has 0 atom stereocenters. The molecule has 1 aliphatic carbocycles. The summed E-state index contributed by atoms with van der Waals surface area (Å²) in [4.78, 5) is 16.9. The first kappa shape index (κ1) is 18.4. The summed E-state index contributed by atoms with van der Waals surface area (Å²) in [6.45, 7) is 10.6. The van der Waals surface area contributed by atoms with Crippen molar-refractivity contribution in [1.29, 1.82) is 0 Å². The van der Waals surface area contributed by atoms with E-state index in [0.717, 1.165) is 11.3 Å². The van der Waals surface area contributed by atoms with Crippen LogP contribution in [0.4, 0.5) is 0 Å². The van der Waals surface area contributed by atoms with Crippen molar-refractivity contribution in [2.75, 3.05) is 0 Å². The van der Waals surface area contributed by atoms with E-state index in [1.165, 1.54) is 12.8 Å². The standard InChI is InChI=1S/C20H28N4O2/c1-13(2)26-19-15(7-6-10-21-19)12-22-18(25)16-11-17(14-8-9-14)24(23-16)20(3,4)5/h6-7,10-11,13-14H,8-9,12H2,1-5H3,(H,22,25). The zero-order valence-electron chi connectivity index (χ0n) is 16.2. The van der Waals surface area contributed by atoms with Gasteiger partial charge in [0.05, 0.1) is 11.6 Å². The molecule has 1 fully saturated rings. The van der Waals surface area contributed by atoms with E-state index in [1.54, 1.807) is 6.20 Å². The smallest absolute Gasteiger partial charge is 0.272 e. The van der Waals surface area contributed by atoms with Crippen LogP contribution in [0.15, 0.2) is 24.4 Å². The second-order valence-electron chi connectivity index (χ2n) is 8.13. The number of ether oxygens (including phenoxy) is 1. The van der Waals surface area contributed by atoms with Gasteiger partial charge in [-0.1, -0.05) is 6.07 Å². The molecule has 1 amide bonds. The number of hydrogen-bond acceptors (Lipinski definition) is 4. The lowest BCUT2D eigenvalue weighted by molar-refractivity contribution is 0.0944. The SMILES string of the molecule is CC(C)Oc1ncccc1CNC(=O)c1cc(C2CC2)n(C(C)(C)C)n1. The van der Waals surface area contributed by atoms with Crippen LogP contribution in [0.5, 0.6) is 5.88 Å². The van der Waals surface area contributed by atoms with Gasteiger partial charge in [-0.3, -0.25) is 9.48 Å². The van der Waals surface area contributed by atoms with Crippen LogP contribution < -0.4 is 10.1 Å². The van der Waals surface area contributed by atoms with Gasteiger partial charge in [0.2, 0.25) is 5.88 Å². The molecular weight excluding hydrogens is 328 g/mol. The van der Waals surface area contributed by atoms with Crippen LogP contribution in [0.3, 0.4) is 0 Å². The van der Waals surface area contributed by atoms with Crippen LogP contribution in [-0.4, -0.2) is 26.8 Å². The number of carbonyl (C=O) groups excluding carboxylic acids is 1. The molecule has 26 heavy (non-hydrogen) atoms. The van der Waals surface area contributed by atoms with Gasteiger partial charge in [-0.05, 0) is 59.6 Å². The Kier molecular flexibility index (Phi) is 5.03. The van der Waals surface area contributed by atoms with Gasteiger partial charge >= 0.3 is 0 Å². The van der Waals surface area contributed by atoms with Gasteiger partial charge in [0.15, 0.2) is 0 Å². The van der Waals surface area contributed by atoms with Gasteiger partial charge in [-0.25, -0.2) is 4.98 Å². The molecule has 2 aromatic heterocycles. The number of pyridine rings is 1. The van der Waals surface area contributed by atoms with Crippen molar-refractivity contribution in [2.45, 2.75) is 71.6 Å². The first-order valence-corrected chi connectivity index (χ1v) is 9.25. The molecular formula is C20H28N4O2. The highest BCUT2D eigenvalue weighted by Crippen LogP contribution is 2.41. The van der Waals surface area contributed by atoms with Gasteiger partial charge in [0.1, 0.15) is 5.69 Å². The van der Waals surface area contributed by atoms with Crippen molar-refractivity contribution in [2.24, 2.45) is 0 Å². The van der Waals surface area contributed by atoms with Crippen LogP contribution in [0.2, 0.25) is 0 Å². The highest BCUT2D eigenvalue weighted by atomic mass is 16.5. The van der Waals surface area contributed by atoms with Crippen LogP contribution in [0, 0.1) is 0 Å². The van der Waals surface area contributed by atoms with Gasteiger partial charge < -0.3 is 10.1 Å². The van der Waals surface area contributed by atoms with E-state index < -0.39 is 0 Å². The average molecular weight is 356 g/mol. The van der Waals surface area contributed by atoms with E-state index in [2.05, 4.69) is 36.2 Å². The number of hydrogen-bond donors (Lipinski definition) is 1. The number of nitrogens with one attached hydrogen (secondary N) is 1. The minimum absolute atomic E-state index is 0.0305. The summed E-state index contributed by atoms with van der Waals surface area (Å²) >= 11 is 0. The number of nitrogens with zero attached hydrogens (tertiary/aromatic N) is 3. The largest absolute Gasteiger partial charge is 0.475 e. The quantitative estimate of drug-likeness (QED) is 0.858. The highest BCUT2D eigenvalue weighted by Gasteiger charge is 2.32. The fraction of sp³-hybridized carbons (Fsp3) is 0.550. The lowest BCUT2D eigenvalue weighted by Gasteiger charge is -2.22. The van der Waals surface area contributed by atoms with Crippen molar-refractivity contribution < 1.29 is 9.53 Å². The van der Waals surface area contributed by atoms with Crippen LogP contribution in [0.1, 0.15) is 75.1 Å². The van der Waals surface area contributed by atoms with Crippen LogP contribution in [-0.2, 0) is 12.1 Å². The third-order valence-electron chi connectivity index (χ3n) is 4.24. The summed E-state index contributed by atoms with van der Waals surface area (Å²) in [5.41, 5.74) is 2.34. The molecule has 0 aromatic carbocycles. The van der Waals surface area contributed by atoms with Crippen molar-refractivity contribution in [3.8, 4) is 5.88 Å². The van der Waals surface area contributed by atoms with Gasteiger partial charge in [-0.15, -0.1) is 0 Å². The molecule has 2 aromatic rings. The van der Waals surface area contributed by atoms with E-state index in [-0.39, 0.29) is 17.6 Å². The maximum Gasteiger partial charge on any atom is 0.272 e. The molecule has 2 heterocycles. The highest BCUT2D eigenvalue weighted by molar-refractivity contribution is 5.92. The molecule has 0 saturated heterocycles. The number of carbonyl (C=O) groups is 1. The third-order valence-corrected chi connectivity index (χ3v) is 4.24. The Bertz CT molecular complexity index is 785. The van der Waals surface area contributed by atoms with E-state index >= 15 is 0 Å². The van der Waals surface area contributed by atoms with Crippen molar-refractivity contribution in [3.05, 3.63) is 41.3 Å². The molecule has 3 rings (SSSR count). The molecule has 0 unspecified atom stereocenters. The van der Waals surface area contributed by atoms with Gasteiger partial charge in [0.25, 0.3) is 5.91 Å². The van der Waals surface area contributed by atoms with Gasteiger partial charge in [0, 0.05) is 29.9 Å². The maximum absolute atomic E-state index is 12.6. The van der Waals surface area contributed by atoms with E-state index in [1.807, 2.05) is 36.7 Å². The lowest BCUT2D eigenvalue weighted by atomic mass is 10.1. The molecule has 6 nitrogen and oxygen atoms in total. The summed E-state index contributed by atoms with van der Waals surface area (Å²) in [7, 11) is 0. The average Bonchev–Trinajstić information content (AvgIpc) is 3.30. The molecule has 1 saturated carbocycles. The fourth-order valence-electron chi connectivity index (χ4n) is 2.87. The maximum atomic E-state index is 12.6. The molecule has 0 radical (unpaired) electrons. The predicted molar refractivity (Wildman–Crippen MR) is 100 cm³/mol.